The Balaban J connectivity index is 1.58. The van der Waals surface area contributed by atoms with Gasteiger partial charge < -0.3 is 16.5 Å². The number of hydrogen-bond acceptors (Lipinski definition) is 8. The molecule has 3 aromatic heterocycles. The molecule has 0 fully saturated rings. The first-order chi connectivity index (χ1) is 13.2. The van der Waals surface area contributed by atoms with Crippen molar-refractivity contribution in [3.05, 3.63) is 65.1 Å². The highest BCUT2D eigenvalue weighted by Crippen LogP contribution is 2.27. The monoisotopic (exact) mass is 375 g/mol. The predicted molar refractivity (Wildman–Crippen MR) is 109 cm³/mol. The van der Waals surface area contributed by atoms with Gasteiger partial charge in [0.05, 0.1) is 16.9 Å². The Hall–Kier alpha value is -3.39. The van der Waals surface area contributed by atoms with Crippen LogP contribution in [0.4, 0.5) is 17.3 Å². The smallest absolute Gasteiger partial charge is 0.162 e. The third kappa shape index (κ3) is 3.75. The minimum Gasteiger partial charge on any atom is -0.397 e. The van der Waals surface area contributed by atoms with Gasteiger partial charge >= 0.3 is 0 Å². The number of benzene rings is 1. The molecule has 4 aromatic rings. The highest BCUT2D eigenvalue weighted by atomic mass is 32.1. The largest absolute Gasteiger partial charge is 0.397 e. The van der Waals surface area contributed by atoms with Gasteiger partial charge in [0.25, 0.3) is 0 Å². The van der Waals surface area contributed by atoms with Crippen LogP contribution in [0.5, 0.6) is 0 Å². The van der Waals surface area contributed by atoms with E-state index >= 15 is 0 Å². The van der Waals surface area contributed by atoms with Crippen LogP contribution >= 0.6 is 11.3 Å². The number of thiazole rings is 1. The molecule has 27 heavy (non-hydrogen) atoms. The molecule has 0 aliphatic heterocycles. The van der Waals surface area contributed by atoms with Crippen molar-refractivity contribution in [3.63, 3.8) is 0 Å². The van der Waals surface area contributed by atoms with E-state index in [1.807, 2.05) is 18.2 Å². The second kappa shape index (κ2) is 7.46. The Labute approximate surface area is 159 Å². The number of nitrogens with zero attached hydrogens (tertiary/aromatic N) is 4. The quantitative estimate of drug-likeness (QED) is 0.444. The van der Waals surface area contributed by atoms with E-state index in [9.17, 15) is 0 Å². The van der Waals surface area contributed by atoms with Crippen LogP contribution in [-0.4, -0.2) is 26.2 Å². The van der Waals surface area contributed by atoms with Gasteiger partial charge in [-0.25, -0.2) is 19.9 Å². The van der Waals surface area contributed by atoms with Crippen LogP contribution in [0.25, 0.3) is 10.3 Å². The maximum atomic E-state index is 7.42. The van der Waals surface area contributed by atoms with E-state index in [0.29, 0.717) is 22.9 Å². The summed E-state index contributed by atoms with van der Waals surface area (Å²) in [5, 5.41) is 11.6. The van der Waals surface area contributed by atoms with Crippen molar-refractivity contribution >= 4 is 45.2 Å². The molecule has 8 heteroatoms. The van der Waals surface area contributed by atoms with E-state index in [1.54, 1.807) is 17.4 Å². The Bertz CT molecular complexity index is 1090. The van der Waals surface area contributed by atoms with Crippen molar-refractivity contribution in [3.8, 4) is 0 Å². The normalized spacial score (nSPS) is 10.8. The number of nitrogens with two attached hydrogens (primary N) is 1. The van der Waals surface area contributed by atoms with Gasteiger partial charge in [-0.2, -0.15) is 0 Å². The van der Waals surface area contributed by atoms with Gasteiger partial charge in [-0.05, 0) is 18.1 Å². The predicted octanol–water partition coefficient (Wildman–Crippen LogP) is 3.59. The lowest BCUT2D eigenvalue weighted by Gasteiger charge is -2.06. The average Bonchev–Trinajstić information content (AvgIpc) is 3.13. The third-order valence-corrected chi connectivity index (χ3v) is 5.10. The summed E-state index contributed by atoms with van der Waals surface area (Å²) in [5.41, 5.74) is 8.85. The zero-order valence-corrected chi connectivity index (χ0v) is 15.2. The fraction of sp³-hybridized carbons (Fsp3) is 0.105. The van der Waals surface area contributed by atoms with Crippen molar-refractivity contribution in [2.24, 2.45) is 0 Å². The Kier molecular flexibility index (Phi) is 4.71. The molecule has 7 nitrogen and oxygen atoms in total. The zero-order chi connectivity index (χ0) is 18.6. The average molecular weight is 375 g/mol. The molecule has 0 aliphatic rings. The van der Waals surface area contributed by atoms with E-state index in [0.717, 1.165) is 28.2 Å². The summed E-state index contributed by atoms with van der Waals surface area (Å²) in [5.74, 6) is 1.15. The lowest BCUT2D eigenvalue weighted by Crippen LogP contribution is -2.01. The number of rotatable bonds is 6. The van der Waals surface area contributed by atoms with Gasteiger partial charge in [-0.15, -0.1) is 0 Å². The Morgan fingerprint density at radius 3 is 2.78 bits per heavy atom. The number of aromatic nitrogens is 4. The first-order valence-corrected chi connectivity index (χ1v) is 9.22. The van der Waals surface area contributed by atoms with Crippen molar-refractivity contribution in [2.75, 3.05) is 11.1 Å². The summed E-state index contributed by atoms with van der Waals surface area (Å²) in [6, 6.07) is 12.1. The molecule has 4 rings (SSSR count). The number of hydrogen-bond donors (Lipinski definition) is 3. The van der Waals surface area contributed by atoms with Crippen LogP contribution < -0.4 is 11.1 Å². The molecule has 0 unspecified atom stereocenters. The first kappa shape index (κ1) is 17.0. The van der Waals surface area contributed by atoms with E-state index < -0.39 is 0 Å². The van der Waals surface area contributed by atoms with E-state index in [4.69, 9.17) is 16.1 Å². The Morgan fingerprint density at radius 2 is 1.96 bits per heavy atom. The summed E-state index contributed by atoms with van der Waals surface area (Å²) in [4.78, 5) is 18.4. The zero-order valence-electron chi connectivity index (χ0n) is 14.4. The van der Waals surface area contributed by atoms with Crippen LogP contribution in [0.2, 0.25) is 0 Å². The van der Waals surface area contributed by atoms with E-state index in [2.05, 4.69) is 32.4 Å². The van der Waals surface area contributed by atoms with E-state index in [-0.39, 0.29) is 0 Å². The number of pyridine rings is 1. The number of aryl methyl sites for hydroxylation is 2. The van der Waals surface area contributed by atoms with Crippen LogP contribution in [0.3, 0.4) is 0 Å². The van der Waals surface area contributed by atoms with Crippen molar-refractivity contribution < 1.29 is 0 Å². The molecule has 134 valence electrons. The van der Waals surface area contributed by atoms with Gasteiger partial charge in [0, 0.05) is 18.2 Å². The molecule has 3 heterocycles. The summed E-state index contributed by atoms with van der Waals surface area (Å²) in [6.07, 6.45) is 6.01. The fourth-order valence-corrected chi connectivity index (χ4v) is 3.59. The lowest BCUT2D eigenvalue weighted by atomic mass is 10.1. The number of nitrogen functional groups attached to an aromatic ring is 1. The van der Waals surface area contributed by atoms with Gasteiger partial charge in [0.1, 0.15) is 22.5 Å². The van der Waals surface area contributed by atoms with Gasteiger partial charge in [0.15, 0.2) is 5.82 Å². The van der Waals surface area contributed by atoms with Gasteiger partial charge in [-0.3, -0.25) is 0 Å². The Morgan fingerprint density at radius 1 is 1.11 bits per heavy atom. The molecule has 0 saturated heterocycles. The summed E-state index contributed by atoms with van der Waals surface area (Å²) in [6.45, 7) is 0. The van der Waals surface area contributed by atoms with Crippen LogP contribution in [0.15, 0.2) is 48.9 Å². The van der Waals surface area contributed by atoms with Crippen molar-refractivity contribution in [1.82, 2.24) is 19.9 Å². The second-order valence-electron chi connectivity index (χ2n) is 5.94. The topological polar surface area (TPSA) is 113 Å². The number of nitrogens with one attached hydrogen (secondary N) is 2. The van der Waals surface area contributed by atoms with Crippen LogP contribution in [-0.2, 0) is 12.8 Å². The maximum absolute atomic E-state index is 7.42. The fourth-order valence-electron chi connectivity index (χ4n) is 2.69. The van der Waals surface area contributed by atoms with Crippen LogP contribution in [0.1, 0.15) is 16.1 Å². The molecule has 0 bridgehead atoms. The summed E-state index contributed by atoms with van der Waals surface area (Å²) < 4.78 is 0. The highest BCUT2D eigenvalue weighted by Gasteiger charge is 2.12. The molecule has 4 N–H and O–H groups in total. The van der Waals surface area contributed by atoms with E-state index in [1.165, 1.54) is 24.3 Å². The highest BCUT2D eigenvalue weighted by molar-refractivity contribution is 7.18. The molecule has 0 radical (unpaired) electrons. The van der Waals surface area contributed by atoms with Crippen LogP contribution in [0, 0.1) is 5.41 Å². The van der Waals surface area contributed by atoms with Gasteiger partial charge in [-0.1, -0.05) is 41.7 Å². The molecule has 0 atom stereocenters. The molecule has 1 aromatic carbocycles. The number of anilines is 3. The molecule has 0 saturated carbocycles. The molecular formula is C19H17N7S. The first-order valence-electron chi connectivity index (χ1n) is 8.40. The minimum absolute atomic E-state index is 0.459. The number of fused-ring (bicyclic) bond motifs is 1. The molecule has 0 spiro atoms. The minimum atomic E-state index is 0.459. The van der Waals surface area contributed by atoms with Crippen molar-refractivity contribution in [2.45, 2.75) is 12.8 Å². The standard InChI is InChI=1S/C19H17N7S/c20-9-13-8-15(22-10-14(13)21)25-18-17-19(24-11-23-18)27-16(26-17)7-6-12-4-2-1-3-5-12/h1-5,8-11,20H,6-7,21H2,(H,22,23,24,25). The summed E-state index contributed by atoms with van der Waals surface area (Å²) in [7, 11) is 0. The molecule has 0 aliphatic carbocycles. The molecule has 0 amide bonds. The lowest BCUT2D eigenvalue weighted by molar-refractivity contribution is 0.948. The SMILES string of the molecule is N=Cc1cc(Nc2ncnc3sc(CCc4ccccc4)nc23)ncc1N. The second-order valence-corrected chi connectivity index (χ2v) is 7.00. The van der Waals surface area contributed by atoms with Crippen molar-refractivity contribution in [1.29, 1.82) is 5.41 Å². The maximum Gasteiger partial charge on any atom is 0.162 e. The summed E-state index contributed by atoms with van der Waals surface area (Å²) >= 11 is 1.57. The van der Waals surface area contributed by atoms with Gasteiger partial charge in [0.2, 0.25) is 0 Å². The third-order valence-electron chi connectivity index (χ3n) is 4.08. The molecular weight excluding hydrogens is 358 g/mol.